The third-order valence-corrected chi connectivity index (χ3v) is 20.8. The molecular weight excluding hydrogens is 1600 g/mol. The van der Waals surface area contributed by atoms with Gasteiger partial charge in [0.2, 0.25) is 0 Å². The van der Waals surface area contributed by atoms with Crippen molar-refractivity contribution < 1.29 is 55.6 Å². The number of ether oxygens (including phenoxy) is 3. The molecule has 0 aliphatic heterocycles. The van der Waals surface area contributed by atoms with Gasteiger partial charge in [-0.15, -0.1) is 0 Å². The summed E-state index contributed by atoms with van der Waals surface area (Å²) in [5, 5.41) is 26.2. The van der Waals surface area contributed by atoms with E-state index < -0.39 is 20.6 Å². The average molecular weight is 1810 g/mol. The predicted octanol–water partition coefficient (Wildman–Crippen LogP) is 23.1. The van der Waals surface area contributed by atoms with Gasteiger partial charge in [0.15, 0.2) is 20.7 Å². The first-order valence-corrected chi connectivity index (χ1v) is 51.1. The van der Waals surface area contributed by atoms with Crippen LogP contribution in [0.5, 0.6) is 0 Å². The lowest BCUT2D eigenvalue weighted by molar-refractivity contribution is -0.128. The number of sulfone groups is 1. The van der Waals surface area contributed by atoms with Gasteiger partial charge in [-0.2, -0.15) is 23.5 Å². The van der Waals surface area contributed by atoms with Crippen LogP contribution in [0, 0.1) is 47.3 Å². The van der Waals surface area contributed by atoms with E-state index in [0.29, 0.717) is 81.7 Å². The molecular formula is C92H202N8O12S6. The molecule has 0 rings (SSSR count). The number of hydrogen-bond donors (Lipinski definition) is 8. The predicted molar refractivity (Wildman–Crippen MR) is 535 cm³/mol. The minimum atomic E-state index is -2.79. The normalized spacial score (nSPS) is 11.3. The Bertz CT molecular complexity index is 2060. The Hall–Kier alpha value is -2.30. The maximum absolute atomic E-state index is 11.2. The molecule has 0 heterocycles. The van der Waals surface area contributed by atoms with Gasteiger partial charge in [-0.3, -0.25) is 23.4 Å². The van der Waals surface area contributed by atoms with Crippen LogP contribution in [0.1, 0.15) is 364 Å². The summed E-state index contributed by atoms with van der Waals surface area (Å²) in [4.78, 5) is 65.4. The van der Waals surface area contributed by atoms with Crippen molar-refractivity contribution in [2.75, 3.05) is 49.3 Å². The highest BCUT2D eigenvalue weighted by atomic mass is 32.2. The molecule has 118 heavy (non-hydrogen) atoms. The van der Waals surface area contributed by atoms with E-state index in [1.54, 1.807) is 25.6 Å². The number of thiocarbonyl (C=S) groups is 1. The van der Waals surface area contributed by atoms with E-state index in [2.05, 4.69) is 193 Å². The van der Waals surface area contributed by atoms with Crippen LogP contribution >= 0.6 is 47.5 Å². The number of alkyl carbamates (subject to hydrolysis) is 1. The van der Waals surface area contributed by atoms with Crippen molar-refractivity contribution in [3.8, 4) is 0 Å². The summed E-state index contributed by atoms with van der Waals surface area (Å²) in [6, 6.07) is 2.59. The number of amides is 4. The lowest BCUT2D eigenvalue weighted by Crippen LogP contribution is -2.42. The highest BCUT2D eigenvalue weighted by molar-refractivity contribution is 8.14. The van der Waals surface area contributed by atoms with E-state index in [1.807, 2.05) is 180 Å². The number of carbonyl (C=O) groups is 6. The van der Waals surface area contributed by atoms with Gasteiger partial charge in [0, 0.05) is 99.7 Å². The van der Waals surface area contributed by atoms with Crippen molar-refractivity contribution >= 4 is 108 Å². The Kier molecular flexibility index (Phi) is 111. The van der Waals surface area contributed by atoms with Crippen molar-refractivity contribution in [2.24, 2.45) is 47.3 Å². The van der Waals surface area contributed by atoms with Crippen molar-refractivity contribution in [1.82, 2.24) is 42.5 Å². The highest BCUT2D eigenvalue weighted by Gasteiger charge is 2.17. The average Bonchev–Trinajstić information content (AvgIpc) is 0.902. The fourth-order valence-electron chi connectivity index (χ4n) is 6.40. The monoisotopic (exact) mass is 1800 g/mol. The number of ketones is 3. The molecule has 20 nitrogen and oxygen atoms in total. The van der Waals surface area contributed by atoms with Gasteiger partial charge in [0.25, 0.3) is 5.24 Å². The quantitative estimate of drug-likeness (QED) is 0.0265. The standard InChI is InChI=1S/C8H17NO.C8H19N.C8H18O2S.C8H16O2.C8H18OS.C8H16OS.C8H18O.C8H18S.C7H16N2O.C7H16N2S.C7H15NO2.C7H15NOS/c1-6(2)8(10)5-9-7(3)4;1-7(2)5-6-9-8(3)4;1-7(2)5-6-11(9,10)8(3)4;1-6(2)8(9)5-10-7(3)4;1-7(2)5-6-10(9)8(3)4;1-6(2)8(9)5-10-7(3)4;2*1-7(2)5-6-9-8(3)4;2*1-5(2)8-7(10)9-6(3)4;2*1-5(2)8-7(9)10-6(3)4/h6-7,9H,5H2,1-4H3;7-9H,5-6H2,1-4H3;7-8H,5-6H2,1-4H3;6-7H,5H2,1-4H3;7-8H,5-6H2,1-4H3;6-7H,5H2,1-4H3;2*7-8H,5-6H2,1-4H3;2*5-6H,1-4H3,(H2,8,9,10);2*5-6H,1-4H3,(H,8,9). The van der Waals surface area contributed by atoms with E-state index in [-0.39, 0.29) is 94.9 Å². The van der Waals surface area contributed by atoms with E-state index in [9.17, 15) is 41.4 Å². The van der Waals surface area contributed by atoms with Gasteiger partial charge in [0.1, 0.15) is 18.2 Å². The molecule has 0 aromatic heterocycles. The van der Waals surface area contributed by atoms with Crippen LogP contribution in [0.3, 0.4) is 0 Å². The minimum Gasteiger partial charge on any atom is -0.447 e. The molecule has 0 fully saturated rings. The third-order valence-electron chi connectivity index (χ3n) is 13.6. The van der Waals surface area contributed by atoms with Crippen molar-refractivity contribution in [3.05, 3.63) is 0 Å². The first kappa shape index (κ1) is 142. The smallest absolute Gasteiger partial charge is 0.407 e. The zero-order chi connectivity index (χ0) is 96.1. The Morgan fingerprint density at radius 3 is 1.04 bits per heavy atom. The molecule has 0 bridgehead atoms. The second kappa shape index (κ2) is 92.4. The molecule has 0 saturated heterocycles. The Labute approximate surface area is 754 Å². The molecule has 0 saturated carbocycles. The van der Waals surface area contributed by atoms with E-state index in [1.165, 1.54) is 36.8 Å². The number of nitrogens with one attached hydrogen (secondary N) is 8. The molecule has 0 aliphatic rings. The molecule has 8 N–H and O–H groups in total. The van der Waals surface area contributed by atoms with Crippen LogP contribution in [0.2, 0.25) is 0 Å². The lowest BCUT2D eigenvalue weighted by atomic mass is 10.1. The Balaban J connectivity index is -0.000000104. The molecule has 718 valence electrons. The van der Waals surface area contributed by atoms with E-state index in [0.717, 1.165) is 59.9 Å². The summed E-state index contributed by atoms with van der Waals surface area (Å²) in [6.45, 7) is 100. The molecule has 4 amide bonds. The number of Topliss-reactive ketones (excluding diaryl/α,β-unsaturated/α-hetero) is 3. The number of carbonyl (C=O) groups excluding carboxylic acids is 6. The van der Waals surface area contributed by atoms with Crippen LogP contribution in [-0.2, 0) is 49.2 Å². The van der Waals surface area contributed by atoms with Gasteiger partial charge >= 0.3 is 12.1 Å². The molecule has 26 heteroatoms. The fourth-order valence-corrected chi connectivity index (χ4v) is 12.0. The number of rotatable bonds is 40. The highest BCUT2D eigenvalue weighted by Crippen LogP contribution is 2.15. The molecule has 1 atom stereocenters. The lowest BCUT2D eigenvalue weighted by Gasteiger charge is -2.14. The maximum atomic E-state index is 11.2. The van der Waals surface area contributed by atoms with Gasteiger partial charge in [0.05, 0.1) is 41.6 Å². The van der Waals surface area contributed by atoms with Crippen LogP contribution < -0.4 is 42.5 Å². The van der Waals surface area contributed by atoms with Crippen LogP contribution in [-0.4, -0.2) is 195 Å². The van der Waals surface area contributed by atoms with Crippen LogP contribution in [0.15, 0.2) is 0 Å². The summed E-state index contributed by atoms with van der Waals surface area (Å²) < 4.78 is 48.9. The molecule has 0 aromatic carbocycles. The largest absolute Gasteiger partial charge is 0.447 e. The fraction of sp³-hybridized carbons (Fsp3) is 0.924. The van der Waals surface area contributed by atoms with E-state index >= 15 is 0 Å². The summed E-state index contributed by atoms with van der Waals surface area (Å²) in [5.74, 6) is 8.11. The van der Waals surface area contributed by atoms with Crippen molar-refractivity contribution in [2.45, 2.75) is 457 Å². The number of urea groups is 1. The molecule has 0 spiro atoms. The summed E-state index contributed by atoms with van der Waals surface area (Å²) in [7, 11) is -3.39. The third kappa shape index (κ3) is 158. The summed E-state index contributed by atoms with van der Waals surface area (Å²) in [6.07, 6.45) is 5.86. The molecule has 1 unspecified atom stereocenters. The summed E-state index contributed by atoms with van der Waals surface area (Å²) >= 11 is 10.1. The number of hydrogen-bond acceptors (Lipinski definition) is 18. The minimum absolute atomic E-state index is 0.0428. The van der Waals surface area contributed by atoms with Crippen molar-refractivity contribution in [1.29, 1.82) is 0 Å². The van der Waals surface area contributed by atoms with Gasteiger partial charge in [-0.05, 0) is 235 Å². The van der Waals surface area contributed by atoms with Crippen LogP contribution in [0.4, 0.5) is 14.4 Å². The molecule has 0 radical (unpaired) electrons. The van der Waals surface area contributed by atoms with Gasteiger partial charge in [-0.25, -0.2) is 18.0 Å². The maximum Gasteiger partial charge on any atom is 0.407 e. The van der Waals surface area contributed by atoms with Gasteiger partial charge in [-0.1, -0.05) is 206 Å². The SMILES string of the molecule is CC(C)CCNC(C)C.CC(C)CCOC(C)C.CC(C)CCS(=O)(=O)C(C)C.CC(C)CCS(=O)C(C)C.CC(C)CCSC(C)C.CC(C)NC(=O)NC(C)C.CC(C)NC(=O)OC(C)C.CC(C)NC(=O)SC(C)C.CC(C)NC(=S)NC(C)C.CC(C)NCC(=O)C(C)C.CC(C)OCC(=O)C(C)C.CC(C)SCC(=O)C(C)C. The first-order valence-electron chi connectivity index (χ1n) is 44.7. The second-order valence-electron chi connectivity index (χ2n) is 36.9. The second-order valence-corrected chi connectivity index (χ2v) is 46.9. The van der Waals surface area contributed by atoms with Crippen LogP contribution in [0.25, 0.3) is 0 Å². The van der Waals surface area contributed by atoms with Crippen molar-refractivity contribution in [3.63, 3.8) is 0 Å². The summed E-state index contributed by atoms with van der Waals surface area (Å²) in [5.41, 5.74) is 0. The zero-order valence-electron chi connectivity index (χ0n) is 85.9. The zero-order valence-corrected chi connectivity index (χ0v) is 90.8. The molecule has 0 aliphatic carbocycles. The Morgan fingerprint density at radius 1 is 0.381 bits per heavy atom. The van der Waals surface area contributed by atoms with Gasteiger partial charge < -0.3 is 56.7 Å². The van der Waals surface area contributed by atoms with E-state index in [4.69, 9.17) is 26.4 Å². The first-order chi connectivity index (χ1) is 53.5. The Morgan fingerprint density at radius 2 is 0.754 bits per heavy atom. The molecule has 0 aromatic rings. The topological polar surface area (TPSA) is 278 Å². The number of thioether (sulfide) groups is 3.